The lowest BCUT2D eigenvalue weighted by Crippen LogP contribution is -2.30. The average molecular weight is 359 g/mol. The summed E-state index contributed by atoms with van der Waals surface area (Å²) in [6, 6.07) is 19.9. The highest BCUT2D eigenvalue weighted by Gasteiger charge is 2.24. The molecule has 0 amide bonds. The van der Waals surface area contributed by atoms with E-state index < -0.39 is 10.0 Å². The lowest BCUT2D eigenvalue weighted by atomic mass is 10.3. The maximum atomic E-state index is 12.7. The first kappa shape index (κ1) is 16.5. The lowest BCUT2D eigenvalue weighted by Gasteiger charge is -2.22. The molecule has 0 aliphatic carbocycles. The Morgan fingerprint density at radius 2 is 1.58 bits per heavy atom. The lowest BCUT2D eigenvalue weighted by molar-refractivity contribution is 0.482. The Kier molecular flexibility index (Phi) is 4.87. The van der Waals surface area contributed by atoms with Gasteiger partial charge >= 0.3 is 0 Å². The van der Waals surface area contributed by atoms with Gasteiger partial charge in [-0.15, -0.1) is 11.3 Å². The fraction of sp³-hybridized carbons (Fsp3) is 0.111. The van der Waals surface area contributed by atoms with Crippen molar-refractivity contribution in [1.29, 1.82) is 0 Å². The molecular weight excluding hydrogens is 342 g/mol. The van der Waals surface area contributed by atoms with Crippen molar-refractivity contribution >= 4 is 27.0 Å². The van der Waals surface area contributed by atoms with E-state index in [1.807, 2.05) is 37.3 Å². The second kappa shape index (κ2) is 7.07. The molecule has 0 saturated heterocycles. The van der Waals surface area contributed by atoms with Crippen molar-refractivity contribution in [2.75, 3.05) is 10.8 Å². The van der Waals surface area contributed by atoms with Crippen LogP contribution in [0.2, 0.25) is 0 Å². The third-order valence-corrected chi connectivity index (χ3v) is 6.71. The Bertz CT molecular complexity index is 874. The minimum atomic E-state index is -3.52. The van der Waals surface area contributed by atoms with Crippen LogP contribution in [0.25, 0.3) is 0 Å². The summed E-state index contributed by atoms with van der Waals surface area (Å²) < 4.78 is 32.9. The Labute approximate surface area is 146 Å². The number of benzene rings is 2. The quantitative estimate of drug-likeness (QED) is 0.638. The van der Waals surface area contributed by atoms with Gasteiger partial charge in [-0.05, 0) is 54.8 Å². The highest BCUT2D eigenvalue weighted by molar-refractivity contribution is 7.94. The molecule has 0 fully saturated rings. The van der Waals surface area contributed by atoms with Crippen LogP contribution in [0.3, 0.4) is 0 Å². The molecule has 24 heavy (non-hydrogen) atoms. The van der Waals surface area contributed by atoms with Crippen LogP contribution < -0.4 is 9.04 Å². The summed E-state index contributed by atoms with van der Waals surface area (Å²) in [4.78, 5) is 0. The first-order valence-corrected chi connectivity index (χ1v) is 9.82. The van der Waals surface area contributed by atoms with Gasteiger partial charge in [-0.2, -0.15) is 0 Å². The minimum absolute atomic E-state index is 0.342. The van der Waals surface area contributed by atoms with E-state index >= 15 is 0 Å². The number of nitrogens with zero attached hydrogens (tertiary/aromatic N) is 1. The van der Waals surface area contributed by atoms with Gasteiger partial charge in [-0.25, -0.2) is 8.42 Å². The van der Waals surface area contributed by atoms with Crippen LogP contribution in [0, 0.1) is 0 Å². The van der Waals surface area contributed by atoms with E-state index in [2.05, 4.69) is 0 Å². The monoisotopic (exact) mass is 359 g/mol. The maximum Gasteiger partial charge on any atom is 0.273 e. The molecule has 6 heteroatoms. The molecule has 0 aliphatic rings. The number of thiophene rings is 1. The molecule has 0 unspecified atom stereocenters. The van der Waals surface area contributed by atoms with Crippen molar-refractivity contribution in [3.63, 3.8) is 0 Å². The third kappa shape index (κ3) is 3.44. The van der Waals surface area contributed by atoms with Crippen LogP contribution in [0.5, 0.6) is 11.5 Å². The molecule has 1 heterocycles. The Morgan fingerprint density at radius 3 is 2.17 bits per heavy atom. The normalized spacial score (nSPS) is 11.2. The van der Waals surface area contributed by atoms with E-state index in [4.69, 9.17) is 4.74 Å². The zero-order valence-electron chi connectivity index (χ0n) is 13.1. The number of ether oxygens (including phenoxy) is 1. The van der Waals surface area contributed by atoms with Gasteiger partial charge in [0.2, 0.25) is 0 Å². The van der Waals surface area contributed by atoms with Crippen molar-refractivity contribution in [2.24, 2.45) is 0 Å². The van der Waals surface area contributed by atoms with E-state index in [1.165, 1.54) is 15.6 Å². The second-order valence-corrected chi connectivity index (χ2v) is 8.05. The summed E-state index contributed by atoms with van der Waals surface area (Å²) >= 11 is 1.22. The molecule has 0 N–H and O–H groups in total. The van der Waals surface area contributed by atoms with Crippen molar-refractivity contribution in [3.05, 3.63) is 72.1 Å². The molecule has 4 nitrogen and oxygen atoms in total. The van der Waals surface area contributed by atoms with E-state index in [0.29, 0.717) is 22.2 Å². The first-order chi connectivity index (χ1) is 11.6. The minimum Gasteiger partial charge on any atom is -0.457 e. The largest absolute Gasteiger partial charge is 0.457 e. The molecule has 0 spiro atoms. The van der Waals surface area contributed by atoms with Gasteiger partial charge in [0, 0.05) is 6.54 Å². The molecule has 0 aliphatic heterocycles. The molecule has 3 aromatic rings. The molecule has 0 bridgehead atoms. The molecule has 2 aromatic carbocycles. The van der Waals surface area contributed by atoms with Gasteiger partial charge in [-0.3, -0.25) is 4.31 Å². The SMILES string of the molecule is CCN(c1ccc(Oc2ccccc2)cc1)S(=O)(=O)c1cccs1. The summed E-state index contributed by atoms with van der Waals surface area (Å²) in [5.41, 5.74) is 0.617. The molecule has 1 aromatic heterocycles. The molecule has 3 rings (SSSR count). The number of rotatable bonds is 6. The summed E-state index contributed by atoms with van der Waals surface area (Å²) in [6.45, 7) is 2.18. The fourth-order valence-electron chi connectivity index (χ4n) is 2.32. The third-order valence-electron chi connectivity index (χ3n) is 3.43. The number of anilines is 1. The van der Waals surface area contributed by atoms with E-state index in [-0.39, 0.29) is 0 Å². The van der Waals surface area contributed by atoms with Crippen molar-refractivity contribution in [2.45, 2.75) is 11.1 Å². The summed E-state index contributed by atoms with van der Waals surface area (Å²) in [7, 11) is -3.52. The Morgan fingerprint density at radius 1 is 0.917 bits per heavy atom. The predicted molar refractivity (Wildman–Crippen MR) is 97.5 cm³/mol. The molecule has 0 radical (unpaired) electrons. The summed E-state index contributed by atoms with van der Waals surface area (Å²) in [5, 5.41) is 1.76. The van der Waals surface area contributed by atoms with Gasteiger partial charge in [0.15, 0.2) is 0 Å². The standard InChI is InChI=1S/C18H17NO3S2/c1-2-19(24(20,21)18-9-6-14-23-18)15-10-12-17(13-11-15)22-16-7-4-3-5-8-16/h3-14H,2H2,1H3. The van der Waals surface area contributed by atoms with E-state index in [9.17, 15) is 8.42 Å². The average Bonchev–Trinajstić information content (AvgIpc) is 3.13. The van der Waals surface area contributed by atoms with Crippen LogP contribution >= 0.6 is 11.3 Å². The predicted octanol–water partition coefficient (Wildman–Crippen LogP) is 4.76. The molecule has 0 atom stereocenters. The number of hydrogen-bond donors (Lipinski definition) is 0. The van der Waals surface area contributed by atoms with Gasteiger partial charge in [0.1, 0.15) is 15.7 Å². The Balaban J connectivity index is 1.84. The highest BCUT2D eigenvalue weighted by Crippen LogP contribution is 2.29. The molecule has 124 valence electrons. The number of hydrogen-bond acceptors (Lipinski definition) is 4. The topological polar surface area (TPSA) is 46.6 Å². The first-order valence-electron chi connectivity index (χ1n) is 7.50. The van der Waals surface area contributed by atoms with E-state index in [1.54, 1.807) is 41.8 Å². The van der Waals surface area contributed by atoms with Crippen LogP contribution in [0.1, 0.15) is 6.92 Å². The second-order valence-electron chi connectivity index (χ2n) is 5.01. The van der Waals surface area contributed by atoms with Crippen molar-refractivity contribution < 1.29 is 13.2 Å². The van der Waals surface area contributed by atoms with Crippen molar-refractivity contribution in [1.82, 2.24) is 0 Å². The summed E-state index contributed by atoms with van der Waals surface area (Å²) in [5.74, 6) is 1.40. The molecular formula is C18H17NO3S2. The zero-order chi connectivity index (χ0) is 17.0. The highest BCUT2D eigenvalue weighted by atomic mass is 32.2. The van der Waals surface area contributed by atoms with Crippen LogP contribution in [0.15, 0.2) is 76.3 Å². The van der Waals surface area contributed by atoms with Gasteiger partial charge in [-0.1, -0.05) is 24.3 Å². The van der Waals surface area contributed by atoms with Crippen LogP contribution in [-0.2, 0) is 10.0 Å². The molecule has 0 saturated carbocycles. The van der Waals surface area contributed by atoms with Crippen LogP contribution in [-0.4, -0.2) is 15.0 Å². The number of para-hydroxylation sites is 1. The van der Waals surface area contributed by atoms with Crippen LogP contribution in [0.4, 0.5) is 5.69 Å². The number of sulfonamides is 1. The van der Waals surface area contributed by atoms with Gasteiger partial charge in [0.05, 0.1) is 5.69 Å². The maximum absolute atomic E-state index is 12.7. The summed E-state index contributed by atoms with van der Waals surface area (Å²) in [6.07, 6.45) is 0. The smallest absolute Gasteiger partial charge is 0.273 e. The van der Waals surface area contributed by atoms with Gasteiger partial charge < -0.3 is 4.74 Å². The van der Waals surface area contributed by atoms with Crippen molar-refractivity contribution in [3.8, 4) is 11.5 Å². The zero-order valence-corrected chi connectivity index (χ0v) is 14.8. The van der Waals surface area contributed by atoms with Gasteiger partial charge in [0.25, 0.3) is 10.0 Å². The van der Waals surface area contributed by atoms with E-state index in [0.717, 1.165) is 5.75 Å². The Hall–Kier alpha value is -2.31. The fourth-order valence-corrected chi connectivity index (χ4v) is 4.89.